The van der Waals surface area contributed by atoms with Gasteiger partial charge in [-0.25, -0.2) is 14.8 Å². The Bertz CT molecular complexity index is 806. The number of imidazole rings is 1. The maximum absolute atomic E-state index is 11.9. The van der Waals surface area contributed by atoms with Gasteiger partial charge in [-0.1, -0.05) is 0 Å². The molecule has 0 spiro atoms. The minimum Gasteiger partial charge on any atom is -0.475 e. The van der Waals surface area contributed by atoms with Gasteiger partial charge in [0, 0.05) is 17.8 Å². The second-order valence-electron chi connectivity index (χ2n) is 6.91. The van der Waals surface area contributed by atoms with Crippen molar-refractivity contribution in [3.8, 4) is 5.88 Å². The average molecular weight is 331 g/mol. The van der Waals surface area contributed by atoms with Crippen molar-refractivity contribution in [3.05, 3.63) is 23.8 Å². The number of carbonyl (C=O) groups excluding carboxylic acids is 1. The first kappa shape index (κ1) is 15.4. The lowest BCUT2D eigenvalue weighted by molar-refractivity contribution is -0.00627. The van der Waals surface area contributed by atoms with Crippen LogP contribution in [0.3, 0.4) is 0 Å². The van der Waals surface area contributed by atoms with E-state index in [2.05, 4.69) is 11.9 Å². The Balaban J connectivity index is 1.82. The summed E-state index contributed by atoms with van der Waals surface area (Å²) in [5.41, 5.74) is 1.72. The molecule has 1 aliphatic heterocycles. The van der Waals surface area contributed by atoms with Crippen molar-refractivity contribution < 1.29 is 19.0 Å². The molecular formula is C17H21N3O4. The lowest BCUT2D eigenvalue weighted by Crippen LogP contribution is -2.26. The Morgan fingerprint density at radius 1 is 1.38 bits per heavy atom. The summed E-state index contributed by atoms with van der Waals surface area (Å²) in [7, 11) is 1.34. The van der Waals surface area contributed by atoms with Crippen LogP contribution in [0.1, 0.15) is 49.3 Å². The van der Waals surface area contributed by atoms with Crippen LogP contribution in [0, 0.1) is 0 Å². The van der Waals surface area contributed by atoms with E-state index in [4.69, 9.17) is 19.2 Å². The number of aromatic nitrogens is 3. The van der Waals surface area contributed by atoms with Gasteiger partial charge in [0.25, 0.3) is 5.88 Å². The van der Waals surface area contributed by atoms with Crippen molar-refractivity contribution in [1.82, 2.24) is 14.4 Å². The first-order valence-corrected chi connectivity index (χ1v) is 8.24. The summed E-state index contributed by atoms with van der Waals surface area (Å²) in [5, 5.41) is 0. The second-order valence-corrected chi connectivity index (χ2v) is 6.91. The predicted octanol–water partition coefficient (Wildman–Crippen LogP) is 2.13. The van der Waals surface area contributed by atoms with Crippen LogP contribution in [-0.4, -0.2) is 46.3 Å². The van der Waals surface area contributed by atoms with E-state index in [-0.39, 0.29) is 16.7 Å². The molecule has 2 aromatic rings. The van der Waals surface area contributed by atoms with Crippen molar-refractivity contribution in [1.29, 1.82) is 0 Å². The Kier molecular flexibility index (Phi) is 3.32. The monoisotopic (exact) mass is 331 g/mol. The minimum absolute atomic E-state index is 0.0338. The number of methoxy groups -OCH3 is 1. The number of carbonyl (C=O) groups is 1. The highest BCUT2D eigenvalue weighted by atomic mass is 16.5. The number of esters is 1. The van der Waals surface area contributed by atoms with Gasteiger partial charge in [-0.2, -0.15) is 0 Å². The van der Waals surface area contributed by atoms with Gasteiger partial charge >= 0.3 is 5.97 Å². The van der Waals surface area contributed by atoms with E-state index < -0.39 is 5.97 Å². The normalized spacial score (nSPS) is 28.5. The molecule has 3 heterocycles. The van der Waals surface area contributed by atoms with E-state index >= 15 is 0 Å². The molecule has 128 valence electrons. The van der Waals surface area contributed by atoms with E-state index in [0.29, 0.717) is 24.7 Å². The first-order chi connectivity index (χ1) is 11.5. The predicted molar refractivity (Wildman–Crippen MR) is 85.4 cm³/mol. The smallest absolute Gasteiger partial charge is 0.358 e. The van der Waals surface area contributed by atoms with Gasteiger partial charge in [-0.15, -0.1) is 0 Å². The lowest BCUT2D eigenvalue weighted by atomic mass is 9.84. The molecule has 0 N–H and O–H groups in total. The molecule has 2 bridgehead atoms. The summed E-state index contributed by atoms with van der Waals surface area (Å²) in [6, 6.07) is 0. The van der Waals surface area contributed by atoms with Gasteiger partial charge in [0.2, 0.25) is 5.65 Å². The van der Waals surface area contributed by atoms with Crippen LogP contribution in [-0.2, 0) is 14.9 Å². The third kappa shape index (κ3) is 2.18. The molecule has 1 saturated carbocycles. The van der Waals surface area contributed by atoms with Gasteiger partial charge in [-0.05, 0) is 33.1 Å². The molecule has 0 aromatic carbocycles. The first-order valence-electron chi connectivity index (χ1n) is 8.24. The fourth-order valence-electron chi connectivity index (χ4n) is 3.91. The maximum atomic E-state index is 11.9. The largest absolute Gasteiger partial charge is 0.475 e. The van der Waals surface area contributed by atoms with Gasteiger partial charge < -0.3 is 14.2 Å². The SMILES string of the molecule is CCOc1nc(C(=O)OC)cn2cc(C34CCC(C)(C3)OC4)nc12. The molecule has 0 amide bonds. The molecule has 2 aromatic heterocycles. The molecular weight excluding hydrogens is 310 g/mol. The molecule has 7 heteroatoms. The molecule has 0 radical (unpaired) electrons. The number of hydrogen-bond donors (Lipinski definition) is 0. The van der Waals surface area contributed by atoms with Crippen LogP contribution in [0.2, 0.25) is 0 Å². The topological polar surface area (TPSA) is 75.0 Å². The quantitative estimate of drug-likeness (QED) is 0.799. The van der Waals surface area contributed by atoms with Crippen molar-refractivity contribution >= 4 is 11.6 Å². The van der Waals surface area contributed by atoms with Crippen LogP contribution in [0.25, 0.3) is 5.65 Å². The van der Waals surface area contributed by atoms with Crippen LogP contribution in [0.4, 0.5) is 0 Å². The molecule has 4 rings (SSSR count). The third-order valence-corrected chi connectivity index (χ3v) is 5.17. The summed E-state index contributed by atoms with van der Waals surface area (Å²) in [4.78, 5) is 20.9. The highest BCUT2D eigenvalue weighted by molar-refractivity contribution is 5.87. The Morgan fingerprint density at radius 2 is 2.21 bits per heavy atom. The summed E-state index contributed by atoms with van der Waals surface area (Å²) >= 11 is 0. The Hall–Kier alpha value is -2.15. The molecule has 7 nitrogen and oxygen atoms in total. The number of rotatable bonds is 4. The molecule has 2 fully saturated rings. The number of nitrogens with zero attached hydrogens (tertiary/aromatic N) is 3. The van der Waals surface area contributed by atoms with E-state index in [1.807, 2.05) is 17.5 Å². The zero-order valence-corrected chi connectivity index (χ0v) is 14.2. The fraction of sp³-hybridized carbons (Fsp3) is 0.588. The molecule has 1 aliphatic carbocycles. The fourth-order valence-corrected chi connectivity index (χ4v) is 3.91. The molecule has 2 aliphatic rings. The lowest BCUT2D eigenvalue weighted by Gasteiger charge is -2.24. The van der Waals surface area contributed by atoms with Crippen LogP contribution >= 0.6 is 0 Å². The zero-order chi connectivity index (χ0) is 16.9. The highest BCUT2D eigenvalue weighted by Crippen LogP contribution is 2.53. The van der Waals surface area contributed by atoms with E-state index in [1.165, 1.54) is 7.11 Å². The third-order valence-electron chi connectivity index (χ3n) is 5.17. The standard InChI is InChI=1S/C17H21N3O4/c1-4-23-14-13-19-12(17-6-5-16(2,9-17)24-10-17)8-20(13)7-11(18-14)15(21)22-3/h7-8H,4-6,9-10H2,1-3H3. The van der Waals surface area contributed by atoms with Crippen molar-refractivity contribution in [2.75, 3.05) is 20.3 Å². The van der Waals surface area contributed by atoms with E-state index in [1.54, 1.807) is 6.20 Å². The highest BCUT2D eigenvalue weighted by Gasteiger charge is 2.55. The average Bonchev–Trinajstić information content (AvgIpc) is 3.24. The van der Waals surface area contributed by atoms with Gasteiger partial charge in [-0.3, -0.25) is 4.40 Å². The van der Waals surface area contributed by atoms with Crippen LogP contribution in [0.15, 0.2) is 12.4 Å². The number of hydrogen-bond acceptors (Lipinski definition) is 6. The van der Waals surface area contributed by atoms with E-state index in [0.717, 1.165) is 25.0 Å². The van der Waals surface area contributed by atoms with Crippen molar-refractivity contribution in [2.24, 2.45) is 0 Å². The molecule has 2 unspecified atom stereocenters. The Labute approximate surface area is 139 Å². The number of ether oxygens (including phenoxy) is 3. The summed E-state index contributed by atoms with van der Waals surface area (Å²) in [6.07, 6.45) is 6.69. The van der Waals surface area contributed by atoms with Crippen LogP contribution in [0.5, 0.6) is 5.88 Å². The summed E-state index contributed by atoms with van der Waals surface area (Å²) in [5.74, 6) is -0.147. The second kappa shape index (κ2) is 5.17. The zero-order valence-electron chi connectivity index (χ0n) is 14.2. The van der Waals surface area contributed by atoms with E-state index in [9.17, 15) is 4.79 Å². The number of fused-ring (bicyclic) bond motifs is 3. The van der Waals surface area contributed by atoms with Gasteiger partial charge in [0.15, 0.2) is 5.69 Å². The molecule has 1 saturated heterocycles. The van der Waals surface area contributed by atoms with Crippen molar-refractivity contribution in [2.45, 2.75) is 44.1 Å². The summed E-state index contributed by atoms with van der Waals surface area (Å²) < 4.78 is 18.2. The minimum atomic E-state index is -0.496. The van der Waals surface area contributed by atoms with Crippen molar-refractivity contribution in [3.63, 3.8) is 0 Å². The van der Waals surface area contributed by atoms with Crippen LogP contribution < -0.4 is 4.74 Å². The van der Waals surface area contributed by atoms with Gasteiger partial charge in [0.1, 0.15) is 0 Å². The Morgan fingerprint density at radius 3 is 2.79 bits per heavy atom. The molecule has 24 heavy (non-hydrogen) atoms. The summed E-state index contributed by atoms with van der Waals surface area (Å²) in [6.45, 7) is 5.18. The molecule has 2 atom stereocenters. The maximum Gasteiger partial charge on any atom is 0.358 e. The van der Waals surface area contributed by atoms with Gasteiger partial charge in [0.05, 0.1) is 31.6 Å².